The Hall–Kier alpha value is -0.416. The van der Waals surface area contributed by atoms with Crippen LogP contribution in [0.5, 0.6) is 0 Å². The van der Waals surface area contributed by atoms with Crippen LogP contribution < -0.4 is 5.32 Å². The van der Waals surface area contributed by atoms with Gasteiger partial charge in [-0.15, -0.1) is 0 Å². The maximum Gasteiger partial charge on any atom is 0.405 e. The normalized spacial score (nSPS) is 16.4. The van der Waals surface area contributed by atoms with E-state index >= 15 is 0 Å². The number of aliphatic hydroxyl groups excluding tert-OH is 1. The smallest absolute Gasteiger partial charge is 0.405 e. The zero-order valence-corrected chi connectivity index (χ0v) is 19.7. The maximum absolute atomic E-state index is 11.1. The first kappa shape index (κ1) is 24.6. The zero-order valence-electron chi connectivity index (χ0n) is 17.7. The lowest BCUT2D eigenvalue weighted by molar-refractivity contribution is 0.0530. The van der Waals surface area contributed by atoms with Crippen LogP contribution in [0, 0.1) is 0 Å². The van der Waals surface area contributed by atoms with Crippen molar-refractivity contribution in [2.45, 2.75) is 90.0 Å². The molecule has 0 bridgehead atoms. The fourth-order valence-corrected chi connectivity index (χ4v) is 4.07. The third-order valence-electron chi connectivity index (χ3n) is 5.62. The van der Waals surface area contributed by atoms with E-state index in [-0.39, 0.29) is 23.3 Å². The molecule has 6 nitrogen and oxygen atoms in total. The van der Waals surface area contributed by atoms with Crippen molar-refractivity contribution in [3.05, 3.63) is 0 Å². The van der Waals surface area contributed by atoms with Gasteiger partial charge in [-0.2, -0.15) is 0 Å². The molecule has 0 aliphatic carbocycles. The second-order valence-corrected chi connectivity index (χ2v) is 19.3. The quantitative estimate of drug-likeness (QED) is 0.542. The summed E-state index contributed by atoms with van der Waals surface area (Å²) in [7, 11) is -4.16. The van der Waals surface area contributed by atoms with E-state index in [2.05, 4.69) is 73.0 Å². The van der Waals surface area contributed by atoms with Gasteiger partial charge in [0.05, 0.1) is 25.4 Å². The number of aliphatic hydroxyl groups is 1. The SMILES string of the molecule is CC(C)(C)[Si](C)(C)OC[C@@H](O[Si](C)(C)C(C)(C)C)C(CO)NC(=O)O. The number of carbonyl (C=O) groups is 1. The Bertz CT molecular complexity index is 441. The molecule has 25 heavy (non-hydrogen) atoms. The molecule has 0 aromatic carbocycles. The van der Waals surface area contributed by atoms with E-state index in [1.54, 1.807) is 0 Å². The minimum atomic E-state index is -2.15. The summed E-state index contributed by atoms with van der Waals surface area (Å²) in [5, 5.41) is 21.2. The average Bonchev–Trinajstić information content (AvgIpc) is 2.38. The molecule has 8 heteroatoms. The van der Waals surface area contributed by atoms with Crippen LogP contribution in [0.3, 0.4) is 0 Å². The molecule has 0 rings (SSSR count). The van der Waals surface area contributed by atoms with E-state index in [9.17, 15) is 9.90 Å². The molecule has 0 aliphatic heterocycles. The van der Waals surface area contributed by atoms with Crippen LogP contribution in [0.1, 0.15) is 41.5 Å². The number of hydrogen-bond donors (Lipinski definition) is 3. The molecule has 150 valence electrons. The summed E-state index contributed by atoms with van der Waals surface area (Å²) in [4.78, 5) is 11.1. The second kappa shape index (κ2) is 8.52. The van der Waals surface area contributed by atoms with Crippen LogP contribution in [0.2, 0.25) is 36.3 Å². The van der Waals surface area contributed by atoms with Gasteiger partial charge in [0.15, 0.2) is 16.6 Å². The van der Waals surface area contributed by atoms with E-state index in [4.69, 9.17) is 14.0 Å². The molecule has 2 atom stereocenters. The Balaban J connectivity index is 5.44. The van der Waals surface area contributed by atoms with Gasteiger partial charge in [-0.1, -0.05) is 41.5 Å². The van der Waals surface area contributed by atoms with Crippen molar-refractivity contribution in [3.8, 4) is 0 Å². The van der Waals surface area contributed by atoms with E-state index in [1.807, 2.05) is 0 Å². The lowest BCUT2D eigenvalue weighted by Crippen LogP contribution is -2.56. The van der Waals surface area contributed by atoms with Crippen molar-refractivity contribution in [2.24, 2.45) is 0 Å². The van der Waals surface area contributed by atoms with Gasteiger partial charge in [0, 0.05) is 0 Å². The van der Waals surface area contributed by atoms with E-state index in [0.29, 0.717) is 0 Å². The Morgan fingerprint density at radius 1 is 1.00 bits per heavy atom. The van der Waals surface area contributed by atoms with Crippen LogP contribution in [0.25, 0.3) is 0 Å². The summed E-state index contributed by atoms with van der Waals surface area (Å²) in [6, 6.07) is -0.712. The molecule has 1 amide bonds. The summed E-state index contributed by atoms with van der Waals surface area (Å²) in [5.74, 6) is 0. The van der Waals surface area contributed by atoms with Crippen molar-refractivity contribution >= 4 is 22.7 Å². The highest BCUT2D eigenvalue weighted by Gasteiger charge is 2.43. The highest BCUT2D eigenvalue weighted by Crippen LogP contribution is 2.39. The summed E-state index contributed by atoms with van der Waals surface area (Å²) in [6.45, 7) is 21.3. The first-order chi connectivity index (χ1) is 10.9. The molecular formula is C17H39NO5Si2. The molecule has 3 N–H and O–H groups in total. The van der Waals surface area contributed by atoms with Gasteiger partial charge in [0.2, 0.25) is 0 Å². The van der Waals surface area contributed by atoms with Crippen molar-refractivity contribution in [2.75, 3.05) is 13.2 Å². The topological polar surface area (TPSA) is 88.0 Å². The van der Waals surface area contributed by atoms with Crippen molar-refractivity contribution in [1.29, 1.82) is 0 Å². The molecule has 0 saturated carbocycles. The van der Waals surface area contributed by atoms with Gasteiger partial charge < -0.3 is 24.4 Å². The summed E-state index contributed by atoms with van der Waals surface area (Å²) in [5.41, 5.74) is 0. The Kier molecular flexibility index (Phi) is 8.37. The van der Waals surface area contributed by atoms with Crippen LogP contribution in [0.4, 0.5) is 4.79 Å². The lowest BCUT2D eigenvalue weighted by Gasteiger charge is -2.43. The number of rotatable bonds is 8. The predicted molar refractivity (Wildman–Crippen MR) is 107 cm³/mol. The molecule has 0 aliphatic rings. The molecule has 1 unspecified atom stereocenters. The van der Waals surface area contributed by atoms with Crippen LogP contribution in [0.15, 0.2) is 0 Å². The minimum absolute atomic E-state index is 0.0224. The van der Waals surface area contributed by atoms with Crippen LogP contribution in [-0.2, 0) is 8.85 Å². The van der Waals surface area contributed by atoms with Gasteiger partial charge in [-0.05, 0) is 36.3 Å². The van der Waals surface area contributed by atoms with Crippen molar-refractivity contribution in [1.82, 2.24) is 5.32 Å². The predicted octanol–water partition coefficient (Wildman–Crippen LogP) is 4.03. The number of amides is 1. The van der Waals surface area contributed by atoms with Crippen LogP contribution in [-0.4, -0.2) is 58.3 Å². The molecule has 0 heterocycles. The second-order valence-electron chi connectivity index (χ2n) is 9.73. The third kappa shape index (κ3) is 7.38. The highest BCUT2D eigenvalue weighted by atomic mass is 28.4. The van der Waals surface area contributed by atoms with E-state index in [1.165, 1.54) is 0 Å². The van der Waals surface area contributed by atoms with Crippen molar-refractivity contribution < 1.29 is 23.9 Å². The summed E-state index contributed by atoms with van der Waals surface area (Å²) >= 11 is 0. The van der Waals surface area contributed by atoms with Crippen molar-refractivity contribution in [3.63, 3.8) is 0 Å². The molecular weight excluding hydrogens is 354 g/mol. The highest BCUT2D eigenvalue weighted by molar-refractivity contribution is 6.74. The molecule has 0 aromatic heterocycles. The fraction of sp³-hybridized carbons (Fsp3) is 0.941. The Labute approximate surface area is 155 Å². The molecule has 0 aromatic rings. The summed E-state index contributed by atoms with van der Waals surface area (Å²) < 4.78 is 12.7. The van der Waals surface area contributed by atoms with E-state index in [0.717, 1.165) is 0 Å². The van der Waals surface area contributed by atoms with Gasteiger partial charge >= 0.3 is 6.09 Å². The molecule has 0 spiro atoms. The molecule has 0 fully saturated rings. The van der Waals surface area contributed by atoms with Gasteiger partial charge in [0.1, 0.15) is 0 Å². The fourth-order valence-electron chi connectivity index (χ4n) is 1.71. The molecule has 0 saturated heterocycles. The summed E-state index contributed by atoms with van der Waals surface area (Å²) in [6.07, 6.45) is -1.69. The minimum Gasteiger partial charge on any atom is -0.465 e. The van der Waals surface area contributed by atoms with E-state index < -0.39 is 34.9 Å². The monoisotopic (exact) mass is 393 g/mol. The number of carboxylic acid groups (broad SMARTS) is 1. The van der Waals surface area contributed by atoms with Gasteiger partial charge in [0.25, 0.3) is 0 Å². The number of nitrogens with one attached hydrogen (secondary N) is 1. The number of hydrogen-bond acceptors (Lipinski definition) is 4. The zero-order chi connectivity index (χ0) is 20.3. The van der Waals surface area contributed by atoms with Crippen LogP contribution >= 0.6 is 0 Å². The maximum atomic E-state index is 11.1. The van der Waals surface area contributed by atoms with Gasteiger partial charge in [-0.25, -0.2) is 4.79 Å². The Morgan fingerprint density at radius 2 is 1.44 bits per heavy atom. The lowest BCUT2D eigenvalue weighted by atomic mass is 10.2. The standard InChI is InChI=1S/C17H39NO5Si2/c1-16(2,3)24(7,8)22-12-14(13(11-19)18-15(20)21)23-25(9,10)17(4,5)6/h13-14,18-19H,11-12H2,1-10H3,(H,20,21)/t13?,14-/m1/s1. The third-order valence-corrected chi connectivity index (χ3v) is 14.6. The van der Waals surface area contributed by atoms with Gasteiger partial charge in [-0.3, -0.25) is 0 Å². The largest absolute Gasteiger partial charge is 0.465 e. The first-order valence-electron chi connectivity index (χ1n) is 8.87. The molecule has 0 radical (unpaired) electrons. The Morgan fingerprint density at radius 3 is 1.76 bits per heavy atom. The average molecular weight is 394 g/mol. The first-order valence-corrected chi connectivity index (χ1v) is 14.7.